The summed E-state index contributed by atoms with van der Waals surface area (Å²) >= 11 is 6.40. The monoisotopic (exact) mass is 436 g/mol. The zero-order valence-electron chi connectivity index (χ0n) is 15.8. The van der Waals surface area contributed by atoms with Crippen molar-refractivity contribution in [1.29, 1.82) is 0 Å². The van der Waals surface area contributed by atoms with Gasteiger partial charge >= 0.3 is 0 Å². The van der Waals surface area contributed by atoms with Gasteiger partial charge in [0.2, 0.25) is 5.91 Å². The van der Waals surface area contributed by atoms with Gasteiger partial charge in [0.15, 0.2) is 21.2 Å². The average molecular weight is 437 g/mol. The van der Waals surface area contributed by atoms with E-state index in [9.17, 15) is 18.4 Å². The summed E-state index contributed by atoms with van der Waals surface area (Å²) in [5.74, 6) is -2.31. The molecular formula is C19H18F2N4O2S2. The SMILES string of the molecule is C=CCn1c(=S)sc2c(=O)n(CC(=O)N(C)C(C)c3ccc(F)c(F)c3)cnc21. The van der Waals surface area contributed by atoms with Gasteiger partial charge in [-0.2, -0.15) is 0 Å². The number of rotatable bonds is 6. The molecule has 0 fully saturated rings. The summed E-state index contributed by atoms with van der Waals surface area (Å²) in [6, 6.07) is 2.98. The van der Waals surface area contributed by atoms with Crippen molar-refractivity contribution in [1.82, 2.24) is 19.0 Å². The van der Waals surface area contributed by atoms with Crippen molar-refractivity contribution in [2.45, 2.75) is 26.1 Å². The number of nitrogens with zero attached hydrogens (tertiary/aromatic N) is 4. The number of carbonyl (C=O) groups excluding carboxylic acids is 1. The van der Waals surface area contributed by atoms with Crippen LogP contribution in [0.1, 0.15) is 18.5 Å². The molecule has 1 unspecified atom stereocenters. The predicted octanol–water partition coefficient (Wildman–Crippen LogP) is 3.67. The van der Waals surface area contributed by atoms with E-state index < -0.39 is 17.7 Å². The molecule has 29 heavy (non-hydrogen) atoms. The quantitative estimate of drug-likeness (QED) is 0.437. The fourth-order valence-electron chi connectivity index (χ4n) is 2.84. The maximum absolute atomic E-state index is 13.5. The van der Waals surface area contributed by atoms with Crippen molar-refractivity contribution in [3.05, 3.63) is 68.7 Å². The number of halogens is 2. The largest absolute Gasteiger partial charge is 0.337 e. The van der Waals surface area contributed by atoms with Crippen molar-refractivity contribution >= 4 is 39.8 Å². The van der Waals surface area contributed by atoms with Crippen molar-refractivity contribution in [3.8, 4) is 0 Å². The first kappa shape index (κ1) is 21.0. The molecular weight excluding hydrogens is 418 g/mol. The molecule has 0 spiro atoms. The van der Waals surface area contributed by atoms with Crippen LogP contribution in [0.25, 0.3) is 10.3 Å². The van der Waals surface area contributed by atoms with Crippen LogP contribution in [0.15, 0.2) is 42.0 Å². The lowest BCUT2D eigenvalue weighted by Crippen LogP contribution is -2.35. The highest BCUT2D eigenvalue weighted by Gasteiger charge is 2.20. The van der Waals surface area contributed by atoms with Gasteiger partial charge in [0.25, 0.3) is 5.56 Å². The van der Waals surface area contributed by atoms with Crippen molar-refractivity contribution in [3.63, 3.8) is 0 Å². The number of allylic oxidation sites excluding steroid dienone is 1. The van der Waals surface area contributed by atoms with Crippen LogP contribution in [-0.4, -0.2) is 32.0 Å². The highest BCUT2D eigenvalue weighted by molar-refractivity contribution is 7.73. The lowest BCUT2D eigenvalue weighted by atomic mass is 10.1. The summed E-state index contributed by atoms with van der Waals surface area (Å²) in [5.41, 5.74) is 0.536. The summed E-state index contributed by atoms with van der Waals surface area (Å²) in [6.45, 7) is 5.55. The molecule has 1 amide bonds. The molecule has 1 atom stereocenters. The van der Waals surface area contributed by atoms with E-state index in [1.54, 1.807) is 17.6 Å². The minimum atomic E-state index is -0.980. The van der Waals surface area contributed by atoms with Gasteiger partial charge in [-0.25, -0.2) is 13.8 Å². The van der Waals surface area contributed by atoms with Crippen LogP contribution in [0, 0.1) is 15.6 Å². The second-order valence-corrected chi connectivity index (χ2v) is 8.10. The smallest absolute Gasteiger partial charge is 0.273 e. The molecule has 2 heterocycles. The lowest BCUT2D eigenvalue weighted by Gasteiger charge is -2.25. The van der Waals surface area contributed by atoms with E-state index in [4.69, 9.17) is 12.2 Å². The Labute approximate surface area is 174 Å². The third-order valence-electron chi connectivity index (χ3n) is 4.66. The van der Waals surface area contributed by atoms with Gasteiger partial charge in [-0.05, 0) is 36.8 Å². The molecule has 3 aromatic rings. The van der Waals surface area contributed by atoms with Gasteiger partial charge in [-0.3, -0.25) is 14.2 Å². The Hall–Kier alpha value is -2.72. The molecule has 1 aromatic carbocycles. The first-order valence-electron chi connectivity index (χ1n) is 8.64. The Kier molecular flexibility index (Phi) is 6.04. The second-order valence-electron chi connectivity index (χ2n) is 6.45. The number of amides is 1. The summed E-state index contributed by atoms with van der Waals surface area (Å²) in [6.07, 6.45) is 2.97. The topological polar surface area (TPSA) is 60.1 Å². The first-order chi connectivity index (χ1) is 13.7. The molecule has 152 valence electrons. The number of hydrogen-bond acceptors (Lipinski definition) is 5. The minimum absolute atomic E-state index is 0.238. The summed E-state index contributed by atoms with van der Waals surface area (Å²) in [7, 11) is 1.54. The van der Waals surface area contributed by atoms with Crippen LogP contribution < -0.4 is 5.56 Å². The number of likely N-dealkylation sites (N-methyl/N-ethyl adjacent to an activating group) is 1. The lowest BCUT2D eigenvalue weighted by molar-refractivity contribution is -0.132. The van der Waals surface area contributed by atoms with Gasteiger partial charge < -0.3 is 9.47 Å². The average Bonchev–Trinajstić information content (AvgIpc) is 3.01. The summed E-state index contributed by atoms with van der Waals surface area (Å²) < 4.78 is 30.4. The van der Waals surface area contributed by atoms with Crippen LogP contribution in [0.3, 0.4) is 0 Å². The standard InChI is InChI=1S/C19H18F2N4O2S2/c1-4-7-25-17-16(29-19(25)28)18(27)24(10-22-17)9-15(26)23(3)11(2)12-5-6-13(20)14(21)8-12/h4-6,8,10-11H,1,7,9H2,2-3H3. The summed E-state index contributed by atoms with van der Waals surface area (Å²) in [5, 5.41) is 0. The van der Waals surface area contributed by atoms with E-state index in [1.807, 2.05) is 0 Å². The number of hydrogen-bond donors (Lipinski definition) is 0. The zero-order chi connectivity index (χ0) is 21.3. The fourth-order valence-corrected chi connectivity index (χ4v) is 4.16. The van der Waals surface area contributed by atoms with Gasteiger partial charge in [-0.15, -0.1) is 6.58 Å². The van der Waals surface area contributed by atoms with Gasteiger partial charge in [0, 0.05) is 13.6 Å². The molecule has 3 rings (SSSR count). The van der Waals surface area contributed by atoms with Crippen LogP contribution in [0.4, 0.5) is 8.78 Å². The predicted molar refractivity (Wildman–Crippen MR) is 110 cm³/mol. The molecule has 2 aromatic heterocycles. The van der Waals surface area contributed by atoms with Crippen molar-refractivity contribution in [2.24, 2.45) is 0 Å². The number of carbonyl (C=O) groups is 1. The first-order valence-corrected chi connectivity index (χ1v) is 9.87. The number of benzene rings is 1. The molecule has 0 saturated heterocycles. The minimum Gasteiger partial charge on any atom is -0.337 e. The molecule has 0 aliphatic carbocycles. The van der Waals surface area contributed by atoms with E-state index in [1.165, 1.54) is 28.9 Å². The van der Waals surface area contributed by atoms with Gasteiger partial charge in [0.05, 0.1) is 6.04 Å². The van der Waals surface area contributed by atoms with Crippen molar-refractivity contribution < 1.29 is 13.6 Å². The van der Waals surface area contributed by atoms with Crippen LogP contribution in [0.5, 0.6) is 0 Å². The molecule has 6 nitrogen and oxygen atoms in total. The highest BCUT2D eigenvalue weighted by atomic mass is 32.1. The second kappa shape index (κ2) is 8.34. The Morgan fingerprint density at radius 2 is 2.14 bits per heavy atom. The molecule has 0 aliphatic heterocycles. The van der Waals surface area contributed by atoms with Crippen molar-refractivity contribution in [2.75, 3.05) is 7.05 Å². The van der Waals surface area contributed by atoms with E-state index >= 15 is 0 Å². The zero-order valence-corrected chi connectivity index (χ0v) is 17.4. The summed E-state index contributed by atoms with van der Waals surface area (Å²) in [4.78, 5) is 31.1. The maximum atomic E-state index is 13.5. The normalized spacial score (nSPS) is 12.1. The van der Waals surface area contributed by atoms with Crippen LogP contribution in [0.2, 0.25) is 0 Å². The van der Waals surface area contributed by atoms with Crippen LogP contribution >= 0.6 is 23.6 Å². The Morgan fingerprint density at radius 1 is 1.41 bits per heavy atom. The fraction of sp³-hybridized carbons (Fsp3) is 0.263. The van der Waals surface area contributed by atoms with E-state index in [0.717, 1.165) is 23.5 Å². The third kappa shape index (κ3) is 4.03. The molecule has 0 aliphatic rings. The number of aromatic nitrogens is 3. The molecule has 0 radical (unpaired) electrons. The van der Waals surface area contributed by atoms with E-state index in [-0.39, 0.29) is 18.0 Å². The Balaban J connectivity index is 1.86. The molecule has 10 heteroatoms. The van der Waals surface area contributed by atoms with Crippen LogP contribution in [-0.2, 0) is 17.9 Å². The van der Waals surface area contributed by atoms with E-state index in [2.05, 4.69) is 11.6 Å². The van der Waals surface area contributed by atoms with Gasteiger partial charge in [-0.1, -0.05) is 23.5 Å². The van der Waals surface area contributed by atoms with Gasteiger partial charge in [0.1, 0.15) is 17.6 Å². The Morgan fingerprint density at radius 3 is 2.79 bits per heavy atom. The molecule has 0 bridgehead atoms. The maximum Gasteiger partial charge on any atom is 0.273 e. The Bertz CT molecular complexity index is 1220. The third-order valence-corrected chi connectivity index (χ3v) is 6.09. The highest BCUT2D eigenvalue weighted by Crippen LogP contribution is 2.21. The number of thiazole rings is 1. The number of fused-ring (bicyclic) bond motifs is 1. The molecule has 0 saturated carbocycles. The van der Waals surface area contributed by atoms with E-state index in [0.29, 0.717) is 26.4 Å². The molecule has 0 N–H and O–H groups in total.